The van der Waals surface area contributed by atoms with Crippen molar-refractivity contribution in [1.82, 2.24) is 10.3 Å². The van der Waals surface area contributed by atoms with E-state index in [1.54, 1.807) is 36.4 Å². The number of ether oxygens (including phenoxy) is 2. The molecule has 1 aliphatic rings. The monoisotopic (exact) mass is 572 g/mol. The molecule has 43 heavy (non-hydrogen) atoms. The first-order chi connectivity index (χ1) is 21.1. The Hall–Kier alpha value is -5.50. The first-order valence-electron chi connectivity index (χ1n) is 14.2. The molecule has 0 saturated carbocycles. The lowest BCUT2D eigenvalue weighted by atomic mass is 9.84. The molecule has 0 spiro atoms. The number of aromatic amines is 1. The second-order valence-electron chi connectivity index (χ2n) is 10.4. The minimum atomic E-state index is -0.801. The maximum absolute atomic E-state index is 13.7. The van der Waals surface area contributed by atoms with Gasteiger partial charge in [0.2, 0.25) is 0 Å². The van der Waals surface area contributed by atoms with Gasteiger partial charge in [-0.05, 0) is 48.4 Å². The van der Waals surface area contributed by atoms with Gasteiger partial charge in [0.1, 0.15) is 24.5 Å². The van der Waals surface area contributed by atoms with Crippen LogP contribution in [0.2, 0.25) is 0 Å². The van der Waals surface area contributed by atoms with Crippen molar-refractivity contribution in [3.05, 3.63) is 135 Å². The highest BCUT2D eigenvalue weighted by Crippen LogP contribution is 2.46. The van der Waals surface area contributed by atoms with E-state index in [1.807, 2.05) is 60.7 Å². The Kier molecular flexibility index (Phi) is 6.79. The van der Waals surface area contributed by atoms with Crippen LogP contribution in [0, 0.1) is 0 Å². The summed E-state index contributed by atoms with van der Waals surface area (Å²) in [4.78, 5) is 30.1. The molecule has 7 rings (SSSR count). The highest BCUT2D eigenvalue weighted by Gasteiger charge is 2.34. The number of aromatic nitrogens is 1. The normalized spacial score (nSPS) is 13.2. The number of hydrogen-bond donors (Lipinski definition) is 3. The van der Waals surface area contributed by atoms with Crippen LogP contribution < -0.4 is 20.4 Å². The first kappa shape index (κ1) is 26.4. The van der Waals surface area contributed by atoms with Crippen LogP contribution in [0.5, 0.6) is 17.2 Å². The zero-order chi connectivity index (χ0) is 29.3. The molecule has 1 aliphatic heterocycles. The van der Waals surface area contributed by atoms with Gasteiger partial charge in [0.05, 0.1) is 16.9 Å². The highest BCUT2D eigenvalue weighted by molar-refractivity contribution is 5.94. The summed E-state index contributed by atoms with van der Waals surface area (Å²) >= 11 is 0. The molecule has 6 aromatic rings. The van der Waals surface area contributed by atoms with E-state index < -0.39 is 11.5 Å². The van der Waals surface area contributed by atoms with Crippen molar-refractivity contribution < 1.29 is 23.8 Å². The van der Waals surface area contributed by atoms with E-state index in [0.717, 1.165) is 16.5 Å². The summed E-state index contributed by atoms with van der Waals surface area (Å²) in [7, 11) is 0. The zero-order valence-corrected chi connectivity index (χ0v) is 23.1. The molecule has 8 heteroatoms. The van der Waals surface area contributed by atoms with Crippen LogP contribution in [0.15, 0.2) is 106 Å². The van der Waals surface area contributed by atoms with Gasteiger partial charge in [-0.2, -0.15) is 0 Å². The molecule has 3 heterocycles. The molecular formula is C35H28N2O6. The highest BCUT2D eigenvalue weighted by atomic mass is 16.6. The van der Waals surface area contributed by atoms with E-state index in [0.29, 0.717) is 65.5 Å². The van der Waals surface area contributed by atoms with E-state index in [-0.39, 0.29) is 17.2 Å². The molecule has 1 amide bonds. The molecule has 0 saturated heterocycles. The lowest BCUT2D eigenvalue weighted by Crippen LogP contribution is -2.26. The average Bonchev–Trinajstić information content (AvgIpc) is 3.41. The molecule has 4 aromatic carbocycles. The Morgan fingerprint density at radius 1 is 0.860 bits per heavy atom. The molecule has 8 nitrogen and oxygen atoms in total. The van der Waals surface area contributed by atoms with Crippen LogP contribution in [0.1, 0.15) is 38.7 Å². The largest absolute Gasteiger partial charge is 0.507 e. The second kappa shape index (κ2) is 11.1. The van der Waals surface area contributed by atoms with Crippen molar-refractivity contribution in [3.8, 4) is 17.2 Å². The molecule has 2 aromatic heterocycles. The Bertz CT molecular complexity index is 2030. The number of nitrogens with one attached hydrogen (secondary N) is 2. The summed E-state index contributed by atoms with van der Waals surface area (Å²) in [6.45, 7) is 1.10. The molecule has 0 fully saturated rings. The fourth-order valence-electron chi connectivity index (χ4n) is 5.91. The quantitative estimate of drug-likeness (QED) is 0.205. The third-order valence-corrected chi connectivity index (χ3v) is 7.85. The number of benzene rings is 4. The van der Waals surface area contributed by atoms with Crippen molar-refractivity contribution >= 4 is 27.8 Å². The zero-order valence-electron chi connectivity index (χ0n) is 23.1. The minimum Gasteiger partial charge on any atom is -0.507 e. The number of fused-ring (bicyclic) bond motifs is 3. The predicted octanol–water partition coefficient (Wildman–Crippen LogP) is 5.90. The molecule has 0 aliphatic carbocycles. The Labute approximate surface area is 246 Å². The lowest BCUT2D eigenvalue weighted by Gasteiger charge is -2.26. The number of H-pyrrole nitrogens is 1. The summed E-state index contributed by atoms with van der Waals surface area (Å²) in [5.41, 5.74) is 3.40. The van der Waals surface area contributed by atoms with Crippen LogP contribution in [0.4, 0.5) is 0 Å². The summed E-state index contributed by atoms with van der Waals surface area (Å²) in [5, 5.41) is 16.1. The van der Waals surface area contributed by atoms with Gasteiger partial charge in [-0.3, -0.25) is 4.79 Å². The average molecular weight is 573 g/mol. The third-order valence-electron chi connectivity index (χ3n) is 7.85. The number of rotatable bonds is 7. The maximum atomic E-state index is 13.7. The SMILES string of the molecule is O=C(NCCc1c(C(c2cccc3c2OCCO3)c2c(O)c3ccccc3oc2=O)[nH]c2ccccc12)c1ccccc1. The van der Waals surface area contributed by atoms with Crippen molar-refractivity contribution in [1.29, 1.82) is 0 Å². The maximum Gasteiger partial charge on any atom is 0.344 e. The van der Waals surface area contributed by atoms with Crippen molar-refractivity contribution in [2.45, 2.75) is 12.3 Å². The molecule has 0 radical (unpaired) electrons. The van der Waals surface area contributed by atoms with Crippen LogP contribution in [0.25, 0.3) is 21.9 Å². The van der Waals surface area contributed by atoms with Gasteiger partial charge in [-0.15, -0.1) is 0 Å². The van der Waals surface area contributed by atoms with Crippen LogP contribution in [0.3, 0.4) is 0 Å². The van der Waals surface area contributed by atoms with Gasteiger partial charge in [-0.25, -0.2) is 4.79 Å². The van der Waals surface area contributed by atoms with Gasteiger partial charge < -0.3 is 29.3 Å². The van der Waals surface area contributed by atoms with E-state index in [2.05, 4.69) is 10.3 Å². The summed E-state index contributed by atoms with van der Waals surface area (Å²) in [5.74, 6) is -0.0640. The number of para-hydroxylation sites is 3. The van der Waals surface area contributed by atoms with Crippen LogP contribution in [-0.2, 0) is 6.42 Å². The van der Waals surface area contributed by atoms with Crippen molar-refractivity contribution in [3.63, 3.8) is 0 Å². The minimum absolute atomic E-state index is 0.0856. The second-order valence-corrected chi connectivity index (χ2v) is 10.4. The Morgan fingerprint density at radius 2 is 1.60 bits per heavy atom. The summed E-state index contributed by atoms with van der Waals surface area (Å²) in [6, 6.07) is 29.4. The Morgan fingerprint density at radius 3 is 2.47 bits per heavy atom. The standard InChI is InChI=1S/C35H28N2O6/c38-32-24-12-5-7-15-27(24)43-35(40)30(32)29(25-13-8-16-28-33(25)42-20-19-41-28)31-23(22-11-4-6-14-26(22)37-31)17-18-36-34(39)21-9-2-1-3-10-21/h1-16,29,37-38H,17-20H2,(H,36,39). The van der Waals surface area contributed by atoms with Gasteiger partial charge in [0, 0.05) is 34.3 Å². The van der Waals surface area contributed by atoms with E-state index in [9.17, 15) is 14.7 Å². The first-order valence-corrected chi connectivity index (χ1v) is 14.2. The van der Waals surface area contributed by atoms with Crippen molar-refractivity contribution in [2.75, 3.05) is 19.8 Å². The van der Waals surface area contributed by atoms with Gasteiger partial charge in [0.15, 0.2) is 11.5 Å². The molecule has 3 N–H and O–H groups in total. The van der Waals surface area contributed by atoms with E-state index in [1.165, 1.54) is 0 Å². The fraction of sp³-hybridized carbons (Fsp3) is 0.143. The number of amides is 1. The van der Waals surface area contributed by atoms with Crippen LogP contribution >= 0.6 is 0 Å². The molecule has 214 valence electrons. The summed E-state index contributed by atoms with van der Waals surface area (Å²) < 4.78 is 17.8. The van der Waals surface area contributed by atoms with Gasteiger partial charge in [-0.1, -0.05) is 60.7 Å². The van der Waals surface area contributed by atoms with Gasteiger partial charge >= 0.3 is 5.63 Å². The molecular weight excluding hydrogens is 544 g/mol. The topological polar surface area (TPSA) is 114 Å². The number of aromatic hydroxyl groups is 1. The third kappa shape index (κ3) is 4.76. The summed E-state index contributed by atoms with van der Waals surface area (Å²) in [6.07, 6.45) is 0.459. The number of hydrogen-bond acceptors (Lipinski definition) is 6. The van der Waals surface area contributed by atoms with E-state index >= 15 is 0 Å². The predicted molar refractivity (Wildman–Crippen MR) is 163 cm³/mol. The van der Waals surface area contributed by atoms with E-state index in [4.69, 9.17) is 13.9 Å². The lowest BCUT2D eigenvalue weighted by molar-refractivity contribution is 0.0954. The molecule has 0 bridgehead atoms. The molecule has 1 unspecified atom stereocenters. The smallest absolute Gasteiger partial charge is 0.344 e. The Balaban J connectivity index is 1.41. The molecule has 1 atom stereocenters. The van der Waals surface area contributed by atoms with Crippen molar-refractivity contribution in [2.24, 2.45) is 0 Å². The van der Waals surface area contributed by atoms with Crippen LogP contribution in [-0.4, -0.2) is 35.8 Å². The fourth-order valence-corrected chi connectivity index (χ4v) is 5.91. The number of carbonyl (C=O) groups excluding carboxylic acids is 1. The number of carbonyl (C=O) groups is 1. The van der Waals surface area contributed by atoms with Gasteiger partial charge in [0.25, 0.3) is 5.91 Å².